The van der Waals surface area contributed by atoms with E-state index in [1.807, 2.05) is 0 Å². The summed E-state index contributed by atoms with van der Waals surface area (Å²) in [6.45, 7) is 0. The number of anilines is 2. The number of benzene rings is 1. The molecular weight excluding hydrogens is 262 g/mol. The third kappa shape index (κ3) is 2.77. The molecule has 7 nitrogen and oxygen atoms in total. The van der Waals surface area contributed by atoms with Crippen LogP contribution in [0.25, 0.3) is 0 Å². The molecule has 2 aromatic rings. The van der Waals surface area contributed by atoms with Crippen LogP contribution >= 0.6 is 0 Å². The zero-order valence-corrected chi connectivity index (χ0v) is 11.0. The van der Waals surface area contributed by atoms with Gasteiger partial charge in [0.15, 0.2) is 11.5 Å². The van der Waals surface area contributed by atoms with Gasteiger partial charge in [-0.3, -0.25) is 0 Å². The van der Waals surface area contributed by atoms with E-state index in [0.29, 0.717) is 17.2 Å². The van der Waals surface area contributed by atoms with E-state index in [2.05, 4.69) is 15.3 Å². The van der Waals surface area contributed by atoms with Crippen molar-refractivity contribution >= 4 is 17.5 Å². The number of nitrogens with zero attached hydrogens (tertiary/aromatic N) is 2. The minimum atomic E-state index is -1.10. The summed E-state index contributed by atoms with van der Waals surface area (Å²) in [5.74, 6) is 0.218. The molecule has 0 saturated heterocycles. The standard InChI is InChI=1S/C13H13N3O4/c1-19-10-4-3-8(5-11(10)20-2)16-12-9(13(17)18)6-14-7-15-12/h3-7H,1-2H3,(H,17,18)(H,14,15,16). The molecule has 0 amide bonds. The molecule has 104 valence electrons. The molecule has 0 aliphatic heterocycles. The molecule has 1 heterocycles. The van der Waals surface area contributed by atoms with Crippen molar-refractivity contribution in [2.24, 2.45) is 0 Å². The highest BCUT2D eigenvalue weighted by Crippen LogP contribution is 2.31. The van der Waals surface area contributed by atoms with Gasteiger partial charge in [0.25, 0.3) is 0 Å². The predicted molar refractivity (Wildman–Crippen MR) is 71.8 cm³/mol. The van der Waals surface area contributed by atoms with Crippen LogP contribution in [0, 0.1) is 0 Å². The highest BCUT2D eigenvalue weighted by atomic mass is 16.5. The third-order valence-electron chi connectivity index (χ3n) is 2.59. The van der Waals surface area contributed by atoms with Crippen LogP contribution in [0.2, 0.25) is 0 Å². The maximum Gasteiger partial charge on any atom is 0.341 e. The summed E-state index contributed by atoms with van der Waals surface area (Å²) < 4.78 is 10.3. The van der Waals surface area contributed by atoms with Gasteiger partial charge in [-0.15, -0.1) is 0 Å². The fraction of sp³-hybridized carbons (Fsp3) is 0.154. The Labute approximate surface area is 115 Å². The van der Waals surface area contributed by atoms with Gasteiger partial charge in [-0.05, 0) is 12.1 Å². The molecule has 0 spiro atoms. The van der Waals surface area contributed by atoms with Crippen LogP contribution in [0.1, 0.15) is 10.4 Å². The van der Waals surface area contributed by atoms with E-state index < -0.39 is 5.97 Å². The molecule has 0 radical (unpaired) electrons. The van der Waals surface area contributed by atoms with Crippen molar-refractivity contribution in [3.63, 3.8) is 0 Å². The molecule has 7 heteroatoms. The van der Waals surface area contributed by atoms with Crippen LogP contribution in [0.4, 0.5) is 11.5 Å². The van der Waals surface area contributed by atoms with E-state index in [1.165, 1.54) is 26.7 Å². The number of carbonyl (C=O) groups is 1. The van der Waals surface area contributed by atoms with Gasteiger partial charge < -0.3 is 19.9 Å². The Morgan fingerprint density at radius 3 is 2.65 bits per heavy atom. The SMILES string of the molecule is COc1ccc(Nc2ncncc2C(=O)O)cc1OC. The smallest absolute Gasteiger partial charge is 0.341 e. The van der Waals surface area contributed by atoms with E-state index in [9.17, 15) is 4.79 Å². The maximum absolute atomic E-state index is 11.1. The van der Waals surface area contributed by atoms with E-state index in [-0.39, 0.29) is 11.4 Å². The lowest BCUT2D eigenvalue weighted by Crippen LogP contribution is -2.05. The number of rotatable bonds is 5. The number of methoxy groups -OCH3 is 2. The normalized spacial score (nSPS) is 9.90. The van der Waals surface area contributed by atoms with Crippen molar-refractivity contribution in [2.75, 3.05) is 19.5 Å². The zero-order valence-electron chi connectivity index (χ0n) is 11.0. The van der Waals surface area contributed by atoms with E-state index in [4.69, 9.17) is 14.6 Å². The summed E-state index contributed by atoms with van der Waals surface area (Å²) in [7, 11) is 3.06. The molecule has 0 saturated carbocycles. The largest absolute Gasteiger partial charge is 0.493 e. The first-order valence-corrected chi connectivity index (χ1v) is 5.68. The van der Waals surface area contributed by atoms with Crippen molar-refractivity contribution in [2.45, 2.75) is 0 Å². The fourth-order valence-corrected chi connectivity index (χ4v) is 1.64. The first-order valence-electron chi connectivity index (χ1n) is 5.68. The Hall–Kier alpha value is -2.83. The quantitative estimate of drug-likeness (QED) is 0.861. The van der Waals surface area contributed by atoms with Gasteiger partial charge in [0, 0.05) is 18.0 Å². The van der Waals surface area contributed by atoms with Crippen LogP contribution in [0.3, 0.4) is 0 Å². The zero-order chi connectivity index (χ0) is 14.5. The molecule has 2 rings (SSSR count). The van der Waals surface area contributed by atoms with Gasteiger partial charge in [-0.1, -0.05) is 0 Å². The molecule has 20 heavy (non-hydrogen) atoms. The molecule has 0 unspecified atom stereocenters. The number of nitrogens with one attached hydrogen (secondary N) is 1. The second-order valence-electron chi connectivity index (χ2n) is 3.78. The average Bonchev–Trinajstić information content (AvgIpc) is 2.47. The molecule has 0 atom stereocenters. The van der Waals surface area contributed by atoms with Crippen LogP contribution in [-0.2, 0) is 0 Å². The van der Waals surface area contributed by atoms with Crippen LogP contribution < -0.4 is 14.8 Å². The second-order valence-corrected chi connectivity index (χ2v) is 3.78. The highest BCUT2D eigenvalue weighted by Gasteiger charge is 2.12. The van der Waals surface area contributed by atoms with Gasteiger partial charge in [0.2, 0.25) is 0 Å². The number of hydrogen-bond donors (Lipinski definition) is 2. The maximum atomic E-state index is 11.1. The third-order valence-corrected chi connectivity index (χ3v) is 2.59. The number of carboxylic acid groups (broad SMARTS) is 1. The number of carboxylic acids is 1. The molecule has 1 aromatic heterocycles. The molecule has 1 aromatic carbocycles. The van der Waals surface area contributed by atoms with Gasteiger partial charge in [-0.25, -0.2) is 14.8 Å². The minimum Gasteiger partial charge on any atom is -0.493 e. The van der Waals surface area contributed by atoms with Gasteiger partial charge in [-0.2, -0.15) is 0 Å². The molecular formula is C13H13N3O4. The summed E-state index contributed by atoms with van der Waals surface area (Å²) in [6.07, 6.45) is 2.51. The first kappa shape index (κ1) is 13.6. The number of aromatic nitrogens is 2. The van der Waals surface area contributed by atoms with E-state index >= 15 is 0 Å². The minimum absolute atomic E-state index is 0.0118. The van der Waals surface area contributed by atoms with Crippen molar-refractivity contribution in [3.8, 4) is 11.5 Å². The van der Waals surface area contributed by atoms with Crippen LogP contribution in [-0.4, -0.2) is 35.3 Å². The number of aromatic carboxylic acids is 1. The van der Waals surface area contributed by atoms with Crippen LogP contribution in [0.5, 0.6) is 11.5 Å². The van der Waals surface area contributed by atoms with E-state index in [1.54, 1.807) is 18.2 Å². The summed E-state index contributed by atoms with van der Waals surface area (Å²) in [5, 5.41) is 12.0. The topological polar surface area (TPSA) is 93.6 Å². The summed E-state index contributed by atoms with van der Waals surface area (Å²) in [5.41, 5.74) is 0.617. The van der Waals surface area contributed by atoms with Crippen molar-refractivity contribution in [1.29, 1.82) is 0 Å². The molecule has 0 aliphatic rings. The molecule has 0 fully saturated rings. The summed E-state index contributed by atoms with van der Waals surface area (Å²) >= 11 is 0. The van der Waals surface area contributed by atoms with Gasteiger partial charge in [0.1, 0.15) is 17.7 Å². The average molecular weight is 275 g/mol. The molecule has 0 aliphatic carbocycles. The monoisotopic (exact) mass is 275 g/mol. The Kier molecular flexibility index (Phi) is 3.99. The first-order chi connectivity index (χ1) is 9.65. The van der Waals surface area contributed by atoms with E-state index in [0.717, 1.165) is 0 Å². The molecule has 2 N–H and O–H groups in total. The molecule has 0 bridgehead atoms. The fourth-order valence-electron chi connectivity index (χ4n) is 1.64. The van der Waals surface area contributed by atoms with Crippen LogP contribution in [0.15, 0.2) is 30.7 Å². The number of hydrogen-bond acceptors (Lipinski definition) is 6. The number of ether oxygens (including phenoxy) is 2. The predicted octanol–water partition coefficient (Wildman–Crippen LogP) is 1.94. The Balaban J connectivity index is 2.33. The van der Waals surface area contributed by atoms with Crippen molar-refractivity contribution in [1.82, 2.24) is 9.97 Å². The lowest BCUT2D eigenvalue weighted by Gasteiger charge is -2.11. The van der Waals surface area contributed by atoms with Crippen molar-refractivity contribution < 1.29 is 19.4 Å². The Morgan fingerprint density at radius 1 is 1.25 bits per heavy atom. The Morgan fingerprint density at radius 2 is 2.00 bits per heavy atom. The highest BCUT2D eigenvalue weighted by molar-refractivity contribution is 5.93. The summed E-state index contributed by atoms with van der Waals surface area (Å²) in [6, 6.07) is 5.13. The van der Waals surface area contributed by atoms with Gasteiger partial charge >= 0.3 is 5.97 Å². The lowest BCUT2D eigenvalue weighted by molar-refractivity contribution is 0.0697. The van der Waals surface area contributed by atoms with Crippen molar-refractivity contribution in [3.05, 3.63) is 36.3 Å². The van der Waals surface area contributed by atoms with Gasteiger partial charge in [0.05, 0.1) is 14.2 Å². The second kappa shape index (κ2) is 5.87. The lowest BCUT2D eigenvalue weighted by atomic mass is 10.2. The summed E-state index contributed by atoms with van der Waals surface area (Å²) in [4.78, 5) is 18.7. The Bertz CT molecular complexity index is 631.